The largest absolute Gasteiger partial charge is 0.507 e. The molecule has 0 radical (unpaired) electrons. The van der Waals surface area contributed by atoms with E-state index >= 15 is 0 Å². The van der Waals surface area contributed by atoms with E-state index in [0.29, 0.717) is 22.0 Å². The van der Waals surface area contributed by atoms with Gasteiger partial charge in [-0.15, -0.1) is 11.3 Å². The molecule has 1 aliphatic heterocycles. The Morgan fingerprint density at radius 1 is 1.18 bits per heavy atom. The molecule has 140 valence electrons. The fourth-order valence-corrected chi connectivity index (χ4v) is 3.82. The molecule has 1 amide bonds. The van der Waals surface area contributed by atoms with Gasteiger partial charge in [-0.2, -0.15) is 0 Å². The van der Waals surface area contributed by atoms with Crippen molar-refractivity contribution in [1.82, 2.24) is 9.97 Å². The first-order valence-corrected chi connectivity index (χ1v) is 9.24. The van der Waals surface area contributed by atoms with E-state index in [1.807, 2.05) is 0 Å². The maximum absolute atomic E-state index is 12.9. The highest BCUT2D eigenvalue weighted by molar-refractivity contribution is 7.14. The highest BCUT2D eigenvalue weighted by Gasteiger charge is 2.47. The summed E-state index contributed by atoms with van der Waals surface area (Å²) in [5, 5.41) is 13.1. The molecule has 1 N–H and O–H groups in total. The minimum Gasteiger partial charge on any atom is -0.507 e. The van der Waals surface area contributed by atoms with Gasteiger partial charge < -0.3 is 9.84 Å². The van der Waals surface area contributed by atoms with Crippen LogP contribution in [0.4, 0.5) is 5.13 Å². The van der Waals surface area contributed by atoms with Gasteiger partial charge in [0.05, 0.1) is 18.7 Å². The molecule has 3 heterocycles. The molecule has 0 bridgehead atoms. The number of rotatable bonds is 4. The van der Waals surface area contributed by atoms with Gasteiger partial charge in [-0.1, -0.05) is 12.1 Å². The number of amides is 1. The number of hydrogen-bond donors (Lipinski definition) is 1. The van der Waals surface area contributed by atoms with E-state index in [4.69, 9.17) is 4.74 Å². The van der Waals surface area contributed by atoms with Gasteiger partial charge in [0.1, 0.15) is 11.5 Å². The van der Waals surface area contributed by atoms with Crippen molar-refractivity contribution in [2.24, 2.45) is 0 Å². The van der Waals surface area contributed by atoms with Crippen LogP contribution in [0.15, 0.2) is 65.9 Å². The van der Waals surface area contributed by atoms with E-state index in [2.05, 4.69) is 9.97 Å². The van der Waals surface area contributed by atoms with Crippen molar-refractivity contribution < 1.29 is 19.4 Å². The van der Waals surface area contributed by atoms with E-state index in [-0.39, 0.29) is 11.3 Å². The lowest BCUT2D eigenvalue weighted by molar-refractivity contribution is -0.132. The van der Waals surface area contributed by atoms with E-state index in [0.717, 1.165) is 0 Å². The molecular weight excluding hydrogens is 378 g/mol. The number of ketones is 1. The van der Waals surface area contributed by atoms with E-state index in [1.165, 1.54) is 23.3 Å². The molecule has 3 aromatic rings. The van der Waals surface area contributed by atoms with Gasteiger partial charge in [0.2, 0.25) is 0 Å². The monoisotopic (exact) mass is 393 g/mol. The summed E-state index contributed by atoms with van der Waals surface area (Å²) in [7, 11) is 1.51. The lowest BCUT2D eigenvalue weighted by atomic mass is 9.96. The number of aromatic nitrogens is 2. The standard InChI is InChI=1S/C20H15N3O4S/c1-27-14-4-2-3-13(11-14)17(24)15-16(12-5-7-21-8-6-12)23(19(26)18(15)25)20-22-9-10-28-20/h2-11,16,24H,1H3/b17-15-. The van der Waals surface area contributed by atoms with Crippen LogP contribution in [0.25, 0.3) is 5.76 Å². The van der Waals surface area contributed by atoms with Crippen LogP contribution in [0.5, 0.6) is 5.75 Å². The van der Waals surface area contributed by atoms with Crippen LogP contribution in [-0.2, 0) is 9.59 Å². The Labute approximate surface area is 164 Å². The number of hydrogen-bond acceptors (Lipinski definition) is 7. The minimum absolute atomic E-state index is 0.000321. The van der Waals surface area contributed by atoms with Crippen molar-refractivity contribution in [1.29, 1.82) is 0 Å². The molecule has 4 rings (SSSR count). The number of pyridine rings is 1. The summed E-state index contributed by atoms with van der Waals surface area (Å²) in [6, 6.07) is 9.29. The van der Waals surface area contributed by atoms with Crippen LogP contribution in [0.2, 0.25) is 0 Å². The Morgan fingerprint density at radius 3 is 2.64 bits per heavy atom. The zero-order chi connectivity index (χ0) is 19.7. The molecule has 1 fully saturated rings. The maximum atomic E-state index is 12.9. The average molecular weight is 393 g/mol. The number of nitrogens with zero attached hydrogens (tertiary/aromatic N) is 3. The van der Waals surface area contributed by atoms with Gasteiger partial charge in [-0.3, -0.25) is 19.5 Å². The molecule has 0 saturated carbocycles. The summed E-state index contributed by atoms with van der Waals surface area (Å²) >= 11 is 1.24. The number of thiazole rings is 1. The quantitative estimate of drug-likeness (QED) is 0.416. The SMILES string of the molecule is COc1cccc(/C(O)=C2/C(=O)C(=O)N(c3nccs3)C2c2ccncc2)c1. The molecule has 1 unspecified atom stereocenters. The summed E-state index contributed by atoms with van der Waals surface area (Å²) in [6.45, 7) is 0. The second-order valence-electron chi connectivity index (χ2n) is 6.00. The molecule has 0 aliphatic carbocycles. The van der Waals surface area contributed by atoms with Crippen molar-refractivity contribution in [3.63, 3.8) is 0 Å². The lowest BCUT2D eigenvalue weighted by Crippen LogP contribution is -2.29. The predicted molar refractivity (Wildman–Crippen MR) is 104 cm³/mol. The third kappa shape index (κ3) is 2.93. The first kappa shape index (κ1) is 17.9. The van der Waals surface area contributed by atoms with E-state index < -0.39 is 17.7 Å². The molecule has 0 spiro atoms. The highest BCUT2D eigenvalue weighted by Crippen LogP contribution is 2.42. The van der Waals surface area contributed by atoms with Crippen molar-refractivity contribution >= 4 is 33.9 Å². The summed E-state index contributed by atoms with van der Waals surface area (Å²) in [5.41, 5.74) is 1.03. The number of ether oxygens (including phenoxy) is 1. The molecule has 1 aromatic carbocycles. The molecule has 7 nitrogen and oxygen atoms in total. The number of benzene rings is 1. The predicted octanol–water partition coefficient (Wildman–Crippen LogP) is 3.17. The topological polar surface area (TPSA) is 92.6 Å². The number of carbonyl (C=O) groups excluding carboxylic acids is 2. The second-order valence-corrected chi connectivity index (χ2v) is 6.87. The lowest BCUT2D eigenvalue weighted by Gasteiger charge is -2.22. The Hall–Kier alpha value is -3.52. The third-order valence-corrected chi connectivity index (χ3v) is 5.21. The molecule has 1 aliphatic rings. The fraction of sp³-hybridized carbons (Fsp3) is 0.100. The van der Waals surface area contributed by atoms with Crippen LogP contribution in [-0.4, -0.2) is 33.9 Å². The third-order valence-electron chi connectivity index (χ3n) is 4.43. The second kappa shape index (κ2) is 7.24. The molecule has 2 aromatic heterocycles. The van der Waals surface area contributed by atoms with Crippen molar-refractivity contribution in [3.8, 4) is 5.75 Å². The number of carbonyl (C=O) groups is 2. The van der Waals surface area contributed by atoms with Gasteiger partial charge >= 0.3 is 5.91 Å². The zero-order valence-electron chi connectivity index (χ0n) is 14.8. The Balaban J connectivity index is 1.93. The molecule has 1 saturated heterocycles. The molecule has 28 heavy (non-hydrogen) atoms. The molecular formula is C20H15N3O4S. The van der Waals surface area contributed by atoms with Crippen LogP contribution in [0, 0.1) is 0 Å². The van der Waals surface area contributed by atoms with E-state index in [1.54, 1.807) is 60.4 Å². The van der Waals surface area contributed by atoms with Crippen LogP contribution in [0.3, 0.4) is 0 Å². The Morgan fingerprint density at radius 2 is 1.96 bits per heavy atom. The van der Waals surface area contributed by atoms with Crippen LogP contribution >= 0.6 is 11.3 Å². The normalized spacial score (nSPS) is 18.5. The van der Waals surface area contributed by atoms with Crippen molar-refractivity contribution in [2.75, 3.05) is 12.0 Å². The Bertz CT molecular complexity index is 1060. The first-order chi connectivity index (χ1) is 13.6. The molecule has 8 heteroatoms. The summed E-state index contributed by atoms with van der Waals surface area (Å²) in [6.07, 6.45) is 4.71. The maximum Gasteiger partial charge on any atom is 0.301 e. The van der Waals surface area contributed by atoms with Gasteiger partial charge in [0, 0.05) is 29.5 Å². The first-order valence-electron chi connectivity index (χ1n) is 8.36. The smallest absolute Gasteiger partial charge is 0.301 e. The van der Waals surface area contributed by atoms with Crippen LogP contribution < -0.4 is 9.64 Å². The van der Waals surface area contributed by atoms with Gasteiger partial charge in [-0.25, -0.2) is 4.98 Å². The summed E-state index contributed by atoms with van der Waals surface area (Å²) in [4.78, 5) is 35.2. The van der Waals surface area contributed by atoms with E-state index in [9.17, 15) is 14.7 Å². The van der Waals surface area contributed by atoms with Crippen molar-refractivity contribution in [2.45, 2.75) is 6.04 Å². The van der Waals surface area contributed by atoms with Gasteiger partial charge in [0.25, 0.3) is 5.78 Å². The van der Waals surface area contributed by atoms with Crippen molar-refractivity contribution in [3.05, 3.63) is 77.1 Å². The number of aliphatic hydroxyl groups is 1. The molecule has 1 atom stereocenters. The van der Waals surface area contributed by atoms with Crippen LogP contribution in [0.1, 0.15) is 17.2 Å². The summed E-state index contributed by atoms with van der Waals surface area (Å²) in [5.74, 6) is -1.24. The number of aliphatic hydroxyl groups excluding tert-OH is 1. The number of anilines is 1. The zero-order valence-corrected chi connectivity index (χ0v) is 15.6. The minimum atomic E-state index is -0.805. The van der Waals surface area contributed by atoms with Gasteiger partial charge in [0.15, 0.2) is 5.13 Å². The number of methoxy groups -OCH3 is 1. The number of Topliss-reactive ketones (excluding diaryl/α,β-unsaturated/α-hetero) is 1. The fourth-order valence-electron chi connectivity index (χ4n) is 3.15. The average Bonchev–Trinajstić information content (AvgIpc) is 3.35. The Kier molecular flexibility index (Phi) is 4.62. The highest BCUT2D eigenvalue weighted by atomic mass is 32.1. The van der Waals surface area contributed by atoms with Gasteiger partial charge in [-0.05, 0) is 29.8 Å². The summed E-state index contributed by atoms with van der Waals surface area (Å²) < 4.78 is 5.19.